The Labute approximate surface area is 260 Å². The van der Waals surface area contributed by atoms with E-state index in [2.05, 4.69) is 81.4 Å². The number of rotatable bonds is 12. The first-order chi connectivity index (χ1) is 20.0. The highest BCUT2D eigenvalue weighted by Crippen LogP contribution is 2.47. The van der Waals surface area contributed by atoms with Crippen LogP contribution in [0.2, 0.25) is 0 Å². The van der Waals surface area contributed by atoms with Crippen LogP contribution in [0.1, 0.15) is 178 Å². The Morgan fingerprint density at radius 2 is 0.762 bits per heavy atom. The summed E-state index contributed by atoms with van der Waals surface area (Å²) >= 11 is 0. The van der Waals surface area contributed by atoms with Crippen molar-refractivity contribution in [3.05, 3.63) is 56.6 Å². The van der Waals surface area contributed by atoms with Gasteiger partial charge in [-0.25, -0.2) is 0 Å². The first-order valence-corrected chi connectivity index (χ1v) is 18.1. The quantitative estimate of drug-likeness (QED) is 0.191. The molecule has 0 aromatic heterocycles. The lowest BCUT2D eigenvalue weighted by Crippen LogP contribution is -2.24. The van der Waals surface area contributed by atoms with Gasteiger partial charge in [0.2, 0.25) is 0 Å². The third-order valence-electron chi connectivity index (χ3n) is 10.1. The van der Waals surface area contributed by atoms with E-state index in [1.54, 1.807) is 66.1 Å². The van der Waals surface area contributed by atoms with E-state index < -0.39 is 0 Å². The molecule has 0 unspecified atom stereocenters. The van der Waals surface area contributed by atoms with Crippen LogP contribution in [-0.2, 0) is 49.4 Å². The van der Waals surface area contributed by atoms with Gasteiger partial charge in [0, 0.05) is 0 Å². The molecule has 1 aliphatic rings. The van der Waals surface area contributed by atoms with Gasteiger partial charge in [-0.2, -0.15) is 0 Å². The molecule has 0 bridgehead atoms. The molecule has 3 aromatic rings. The summed E-state index contributed by atoms with van der Waals surface area (Å²) in [6.07, 6.45) is 20.4. The van der Waals surface area contributed by atoms with Crippen molar-refractivity contribution in [3.8, 4) is 0 Å². The zero-order valence-electron chi connectivity index (χ0n) is 29.5. The topological polar surface area (TPSA) is 0 Å². The highest BCUT2D eigenvalue weighted by Gasteiger charge is 2.32. The van der Waals surface area contributed by atoms with Crippen LogP contribution in [0.15, 0.2) is 12.1 Å². The lowest BCUT2D eigenvalue weighted by molar-refractivity contribution is 0.553. The molecule has 4 rings (SSSR count). The molecule has 0 heterocycles. The summed E-state index contributed by atoms with van der Waals surface area (Å²) in [6, 6.07) is 5.49. The summed E-state index contributed by atoms with van der Waals surface area (Å²) in [6.45, 7) is 24.3. The molecule has 0 saturated carbocycles. The average molecular weight is 569 g/mol. The highest BCUT2D eigenvalue weighted by molar-refractivity contribution is 6.06. The molecule has 0 N–H and O–H groups in total. The van der Waals surface area contributed by atoms with Crippen LogP contribution in [0, 0.1) is 0 Å². The minimum atomic E-state index is 0.129. The fraction of sp³-hybridized carbons (Fsp3) is 0.667. The number of unbranched alkanes of at least 4 members (excludes halogenated alkanes) is 4. The molecule has 0 amide bonds. The highest BCUT2D eigenvalue weighted by atomic mass is 14.4. The average Bonchev–Trinajstić information content (AvgIpc) is 2.93. The molecule has 1 aliphatic carbocycles. The molecule has 42 heavy (non-hydrogen) atoms. The Morgan fingerprint density at radius 1 is 0.452 bits per heavy atom. The second-order valence-electron chi connectivity index (χ2n) is 15.7. The van der Waals surface area contributed by atoms with E-state index in [1.807, 2.05) is 0 Å². The molecular weight excluding hydrogens is 504 g/mol. The first kappa shape index (κ1) is 33.1. The minimum Gasteiger partial charge on any atom is -0.0654 e. The lowest BCUT2D eigenvalue weighted by atomic mass is 9.68. The van der Waals surface area contributed by atoms with Crippen molar-refractivity contribution in [2.45, 2.75) is 183 Å². The summed E-state index contributed by atoms with van der Waals surface area (Å²) in [7, 11) is 0. The fourth-order valence-corrected chi connectivity index (χ4v) is 8.29. The van der Waals surface area contributed by atoms with Crippen LogP contribution in [0.5, 0.6) is 0 Å². The van der Waals surface area contributed by atoms with Crippen LogP contribution >= 0.6 is 0 Å². The van der Waals surface area contributed by atoms with E-state index in [1.165, 1.54) is 103 Å². The molecule has 0 fully saturated rings. The van der Waals surface area contributed by atoms with Gasteiger partial charge in [-0.15, -0.1) is 0 Å². The van der Waals surface area contributed by atoms with Gasteiger partial charge in [-0.1, -0.05) is 94.9 Å². The van der Waals surface area contributed by atoms with Crippen LogP contribution in [0.3, 0.4) is 0 Å². The molecule has 0 heteroatoms. The van der Waals surface area contributed by atoms with Crippen LogP contribution in [0.25, 0.3) is 21.5 Å². The lowest BCUT2D eigenvalue weighted by Gasteiger charge is -2.36. The van der Waals surface area contributed by atoms with Crippen molar-refractivity contribution < 1.29 is 0 Å². The van der Waals surface area contributed by atoms with Gasteiger partial charge in [0.05, 0.1) is 0 Å². The molecular formula is C42H64. The standard InChI is InChI=1S/C42H64/c1-11-15-21-29-30(22-16-12-2)32(24-18-14-4)36-28-38-37(27-35(36)31(29)23-17-13-3)39(41(5,6)7)33-25-19-20-26-34(33)40(38)42(8,9)10/h27-28H,11-26H2,1-10H3. The van der Waals surface area contributed by atoms with Crippen LogP contribution < -0.4 is 0 Å². The molecule has 0 aliphatic heterocycles. The number of hydrogen-bond acceptors (Lipinski definition) is 0. The third kappa shape index (κ3) is 6.64. The molecule has 0 spiro atoms. The Balaban J connectivity index is 2.28. The van der Waals surface area contributed by atoms with Gasteiger partial charge in [0.25, 0.3) is 0 Å². The van der Waals surface area contributed by atoms with Gasteiger partial charge >= 0.3 is 0 Å². The SMILES string of the molecule is CCCCc1c(CCCC)c(CCCC)c2cc3c(C(C)(C)C)c4c(c(C(C)(C)C)c3cc2c1CCCC)CCCC4. The molecule has 0 saturated heterocycles. The van der Waals surface area contributed by atoms with E-state index in [-0.39, 0.29) is 10.8 Å². The van der Waals surface area contributed by atoms with E-state index in [0.29, 0.717) is 0 Å². The van der Waals surface area contributed by atoms with Gasteiger partial charge in [0.1, 0.15) is 0 Å². The Bertz CT molecular complexity index is 1260. The maximum absolute atomic E-state index is 2.74. The van der Waals surface area contributed by atoms with Crippen molar-refractivity contribution in [1.29, 1.82) is 0 Å². The largest absolute Gasteiger partial charge is 0.0654 e. The van der Waals surface area contributed by atoms with Crippen molar-refractivity contribution in [2.24, 2.45) is 0 Å². The number of aryl methyl sites for hydroxylation is 2. The van der Waals surface area contributed by atoms with Crippen LogP contribution in [0.4, 0.5) is 0 Å². The van der Waals surface area contributed by atoms with Crippen LogP contribution in [-0.4, -0.2) is 0 Å². The van der Waals surface area contributed by atoms with E-state index in [9.17, 15) is 0 Å². The van der Waals surface area contributed by atoms with Crippen molar-refractivity contribution in [3.63, 3.8) is 0 Å². The van der Waals surface area contributed by atoms with Gasteiger partial charge < -0.3 is 0 Å². The summed E-state index contributed by atoms with van der Waals surface area (Å²) in [4.78, 5) is 0. The summed E-state index contributed by atoms with van der Waals surface area (Å²) in [5, 5.41) is 6.36. The van der Waals surface area contributed by atoms with Gasteiger partial charge in [0.15, 0.2) is 0 Å². The maximum Gasteiger partial charge on any atom is -0.0123 e. The van der Waals surface area contributed by atoms with Crippen molar-refractivity contribution in [2.75, 3.05) is 0 Å². The van der Waals surface area contributed by atoms with Crippen molar-refractivity contribution >= 4 is 21.5 Å². The molecule has 3 aromatic carbocycles. The predicted octanol–water partition coefficient (Wildman–Crippen LogP) is 12.8. The van der Waals surface area contributed by atoms with E-state index >= 15 is 0 Å². The maximum atomic E-state index is 2.74. The number of benzene rings is 3. The van der Waals surface area contributed by atoms with Crippen molar-refractivity contribution in [1.82, 2.24) is 0 Å². The number of hydrogen-bond donors (Lipinski definition) is 0. The zero-order chi connectivity index (χ0) is 30.7. The molecule has 0 nitrogen and oxygen atoms in total. The second-order valence-corrected chi connectivity index (χ2v) is 15.7. The van der Waals surface area contributed by atoms with Gasteiger partial charge in [-0.05, 0) is 166 Å². The molecule has 0 radical (unpaired) electrons. The van der Waals surface area contributed by atoms with E-state index in [4.69, 9.17) is 0 Å². The Hall–Kier alpha value is -1.82. The molecule has 232 valence electrons. The zero-order valence-corrected chi connectivity index (χ0v) is 29.5. The first-order valence-electron chi connectivity index (χ1n) is 18.1. The summed E-state index contributed by atoms with van der Waals surface area (Å²) in [5.74, 6) is 0. The normalized spacial score (nSPS) is 14.2. The smallest absolute Gasteiger partial charge is 0.0123 e. The minimum absolute atomic E-state index is 0.129. The second kappa shape index (κ2) is 13.9. The van der Waals surface area contributed by atoms with Gasteiger partial charge in [-0.3, -0.25) is 0 Å². The monoisotopic (exact) mass is 569 g/mol. The summed E-state index contributed by atoms with van der Waals surface area (Å²) in [5.41, 5.74) is 13.9. The Morgan fingerprint density at radius 3 is 1.05 bits per heavy atom. The number of fused-ring (bicyclic) bond motifs is 3. The molecule has 0 atom stereocenters. The fourth-order valence-electron chi connectivity index (χ4n) is 8.29. The van der Waals surface area contributed by atoms with E-state index in [0.717, 1.165) is 0 Å². The Kier molecular flexibility index (Phi) is 10.9. The summed E-state index contributed by atoms with van der Waals surface area (Å²) < 4.78 is 0. The predicted molar refractivity (Wildman–Crippen MR) is 190 cm³/mol. The third-order valence-corrected chi connectivity index (χ3v) is 10.1.